The van der Waals surface area contributed by atoms with Crippen LogP contribution in [-0.4, -0.2) is 12.4 Å². The van der Waals surface area contributed by atoms with Crippen molar-refractivity contribution in [1.82, 2.24) is 3.97 Å². The number of nitrogen functional groups attached to an aromatic ring is 1. The quantitative estimate of drug-likeness (QED) is 0.726. The van der Waals surface area contributed by atoms with Crippen LogP contribution < -0.4 is 5.73 Å². The zero-order valence-corrected chi connectivity index (χ0v) is 13.7. The van der Waals surface area contributed by atoms with Crippen LogP contribution in [0.2, 0.25) is 5.02 Å². The number of anilines is 1. The monoisotopic (exact) mass is 334 g/mol. The molecule has 0 fully saturated rings. The summed E-state index contributed by atoms with van der Waals surface area (Å²) in [4.78, 5) is 0.214. The first-order valence-electron chi connectivity index (χ1n) is 6.70. The summed E-state index contributed by atoms with van der Waals surface area (Å²) >= 11 is 6.26. The average molecular weight is 335 g/mol. The number of hydrogen-bond donors (Lipinski definition) is 1. The van der Waals surface area contributed by atoms with Crippen molar-refractivity contribution in [2.75, 3.05) is 5.73 Å². The Hall–Kier alpha value is -1.98. The number of halogens is 1. The van der Waals surface area contributed by atoms with Gasteiger partial charge in [0, 0.05) is 17.3 Å². The van der Waals surface area contributed by atoms with E-state index in [-0.39, 0.29) is 4.90 Å². The number of nitrogens with two attached hydrogens (primary N) is 1. The van der Waals surface area contributed by atoms with Crippen molar-refractivity contribution < 1.29 is 8.42 Å². The van der Waals surface area contributed by atoms with Gasteiger partial charge in [-0.15, -0.1) is 0 Å². The minimum atomic E-state index is -3.71. The number of aryl methyl sites for hydroxylation is 2. The van der Waals surface area contributed by atoms with Gasteiger partial charge in [-0.1, -0.05) is 29.3 Å². The van der Waals surface area contributed by atoms with Gasteiger partial charge in [0.1, 0.15) is 0 Å². The van der Waals surface area contributed by atoms with Crippen molar-refractivity contribution in [3.63, 3.8) is 0 Å². The maximum absolute atomic E-state index is 12.8. The lowest BCUT2D eigenvalue weighted by molar-refractivity contribution is 0.589. The van der Waals surface area contributed by atoms with Crippen LogP contribution in [0, 0.1) is 13.8 Å². The largest absolute Gasteiger partial charge is 0.398 e. The molecule has 0 atom stereocenters. The highest BCUT2D eigenvalue weighted by Gasteiger charge is 2.21. The van der Waals surface area contributed by atoms with Crippen LogP contribution in [-0.2, 0) is 10.0 Å². The Kier molecular flexibility index (Phi) is 3.42. The van der Waals surface area contributed by atoms with Gasteiger partial charge in [0.25, 0.3) is 10.0 Å². The van der Waals surface area contributed by atoms with Crippen molar-refractivity contribution in [2.24, 2.45) is 0 Å². The second kappa shape index (κ2) is 5.04. The lowest BCUT2D eigenvalue weighted by Crippen LogP contribution is -2.12. The van der Waals surface area contributed by atoms with Crippen LogP contribution >= 0.6 is 11.6 Å². The third kappa shape index (κ3) is 2.17. The molecular formula is C16H15ClN2O2S. The van der Waals surface area contributed by atoms with E-state index in [0.717, 1.165) is 11.1 Å². The van der Waals surface area contributed by atoms with Gasteiger partial charge < -0.3 is 5.73 Å². The van der Waals surface area contributed by atoms with Crippen molar-refractivity contribution in [3.8, 4) is 0 Å². The highest BCUT2D eigenvalue weighted by Crippen LogP contribution is 2.34. The average Bonchev–Trinajstić information content (AvgIpc) is 2.91. The van der Waals surface area contributed by atoms with E-state index < -0.39 is 10.0 Å². The van der Waals surface area contributed by atoms with Crippen molar-refractivity contribution in [1.29, 1.82) is 0 Å². The van der Waals surface area contributed by atoms with Crippen molar-refractivity contribution >= 4 is 38.2 Å². The molecule has 0 spiro atoms. The Morgan fingerprint density at radius 3 is 2.36 bits per heavy atom. The topological polar surface area (TPSA) is 65.1 Å². The van der Waals surface area contributed by atoms with E-state index in [1.165, 1.54) is 10.2 Å². The lowest BCUT2D eigenvalue weighted by atomic mass is 10.1. The van der Waals surface area contributed by atoms with Crippen LogP contribution in [0.4, 0.5) is 5.69 Å². The number of fused-ring (bicyclic) bond motifs is 1. The van der Waals surface area contributed by atoms with E-state index in [0.29, 0.717) is 21.6 Å². The van der Waals surface area contributed by atoms with Crippen molar-refractivity contribution in [2.45, 2.75) is 18.7 Å². The number of nitrogens with zero attached hydrogens (tertiary/aromatic N) is 1. The third-order valence-corrected chi connectivity index (χ3v) is 5.69. The summed E-state index contributed by atoms with van der Waals surface area (Å²) in [6.45, 7) is 3.74. The van der Waals surface area contributed by atoms with Crippen molar-refractivity contribution in [3.05, 3.63) is 58.7 Å². The molecule has 0 aliphatic rings. The second-order valence-electron chi connectivity index (χ2n) is 5.28. The standard InChI is InChI=1S/C16H15ClN2O2S/c1-10-3-5-12(6-4-10)22(20,21)19-8-7-13-15(18)11(2)9-14(17)16(13)19/h3-9H,18H2,1-2H3. The van der Waals surface area contributed by atoms with Crippen LogP contribution in [0.25, 0.3) is 10.9 Å². The lowest BCUT2D eigenvalue weighted by Gasteiger charge is -2.10. The predicted octanol–water partition coefficient (Wildman–Crippen LogP) is 3.73. The summed E-state index contributed by atoms with van der Waals surface area (Å²) in [5.74, 6) is 0. The van der Waals surface area contributed by atoms with Crippen LogP contribution in [0.1, 0.15) is 11.1 Å². The van der Waals surface area contributed by atoms with Crippen LogP contribution in [0.15, 0.2) is 47.5 Å². The highest BCUT2D eigenvalue weighted by molar-refractivity contribution is 7.90. The number of aromatic nitrogens is 1. The molecule has 4 nitrogen and oxygen atoms in total. The van der Waals surface area contributed by atoms with Gasteiger partial charge in [0.15, 0.2) is 0 Å². The molecule has 3 rings (SSSR count). The van der Waals surface area contributed by atoms with E-state index >= 15 is 0 Å². The highest BCUT2D eigenvalue weighted by atomic mass is 35.5. The molecule has 3 aromatic rings. The molecule has 22 heavy (non-hydrogen) atoms. The van der Waals surface area contributed by atoms with Crippen LogP contribution in [0.3, 0.4) is 0 Å². The smallest absolute Gasteiger partial charge is 0.268 e. The molecule has 0 amide bonds. The van der Waals surface area contributed by atoms with Gasteiger partial charge in [0.05, 0.1) is 15.4 Å². The first-order chi connectivity index (χ1) is 10.3. The first-order valence-corrected chi connectivity index (χ1v) is 8.52. The normalized spacial score (nSPS) is 12.0. The van der Waals surface area contributed by atoms with E-state index in [4.69, 9.17) is 17.3 Å². The van der Waals surface area contributed by atoms with E-state index in [2.05, 4.69) is 0 Å². The van der Waals surface area contributed by atoms with Gasteiger partial charge >= 0.3 is 0 Å². The molecular weight excluding hydrogens is 320 g/mol. The molecule has 2 aromatic carbocycles. The first kappa shape index (κ1) is 14.9. The number of benzene rings is 2. The maximum atomic E-state index is 12.8. The van der Waals surface area contributed by atoms with E-state index in [1.54, 1.807) is 36.4 Å². The molecule has 0 bridgehead atoms. The van der Waals surface area contributed by atoms with E-state index in [1.807, 2.05) is 13.8 Å². The fraction of sp³-hybridized carbons (Fsp3) is 0.125. The van der Waals surface area contributed by atoms with Gasteiger partial charge in [-0.2, -0.15) is 0 Å². The van der Waals surface area contributed by atoms with Gasteiger partial charge in [-0.25, -0.2) is 12.4 Å². The molecule has 0 saturated heterocycles. The number of rotatable bonds is 2. The SMILES string of the molecule is Cc1ccc(S(=O)(=O)n2ccc3c(N)c(C)cc(Cl)c32)cc1. The molecule has 0 aliphatic carbocycles. The third-order valence-electron chi connectivity index (χ3n) is 3.71. The molecule has 1 aromatic heterocycles. The Morgan fingerprint density at radius 1 is 1.09 bits per heavy atom. The second-order valence-corrected chi connectivity index (χ2v) is 7.50. The summed E-state index contributed by atoms with van der Waals surface area (Å²) < 4.78 is 26.8. The van der Waals surface area contributed by atoms with Gasteiger partial charge in [0.2, 0.25) is 0 Å². The minimum absolute atomic E-state index is 0.214. The molecule has 114 valence electrons. The Balaban J connectivity index is 2.31. The Morgan fingerprint density at radius 2 is 1.73 bits per heavy atom. The molecule has 0 saturated carbocycles. The summed E-state index contributed by atoms with van der Waals surface area (Å²) in [7, 11) is -3.71. The maximum Gasteiger partial charge on any atom is 0.268 e. The zero-order chi connectivity index (χ0) is 16.1. The molecule has 1 heterocycles. The van der Waals surface area contributed by atoms with E-state index in [9.17, 15) is 8.42 Å². The Bertz CT molecular complexity index is 974. The minimum Gasteiger partial charge on any atom is -0.398 e. The predicted molar refractivity (Wildman–Crippen MR) is 89.9 cm³/mol. The molecule has 6 heteroatoms. The summed E-state index contributed by atoms with van der Waals surface area (Å²) in [6.07, 6.45) is 1.49. The Labute approximate surface area is 134 Å². The summed E-state index contributed by atoms with van der Waals surface area (Å²) in [5.41, 5.74) is 8.80. The van der Waals surface area contributed by atoms with Gasteiger partial charge in [-0.05, 0) is 43.7 Å². The fourth-order valence-corrected chi connectivity index (χ4v) is 4.21. The van der Waals surface area contributed by atoms with Crippen LogP contribution in [0.5, 0.6) is 0 Å². The van der Waals surface area contributed by atoms with Gasteiger partial charge in [-0.3, -0.25) is 0 Å². The molecule has 0 aliphatic heterocycles. The fourth-order valence-electron chi connectivity index (χ4n) is 2.44. The molecule has 0 radical (unpaired) electrons. The number of hydrogen-bond acceptors (Lipinski definition) is 3. The zero-order valence-electron chi connectivity index (χ0n) is 12.2. The summed E-state index contributed by atoms with van der Waals surface area (Å²) in [6, 6.07) is 10.1. The molecule has 2 N–H and O–H groups in total. The molecule has 0 unspecified atom stereocenters. The summed E-state index contributed by atoms with van der Waals surface area (Å²) in [5, 5.41) is 1.00.